The van der Waals surface area contributed by atoms with E-state index < -0.39 is 0 Å². The number of carbonyl (C=O) groups excluding carboxylic acids is 2. The molecule has 0 spiro atoms. The molecule has 154 valence electrons. The summed E-state index contributed by atoms with van der Waals surface area (Å²) >= 11 is 0. The van der Waals surface area contributed by atoms with E-state index in [9.17, 15) is 9.59 Å². The molecule has 3 heterocycles. The lowest BCUT2D eigenvalue weighted by Crippen LogP contribution is -2.49. The van der Waals surface area contributed by atoms with Gasteiger partial charge in [-0.05, 0) is 39.2 Å². The molecule has 3 rings (SSSR count). The molecule has 0 atom stereocenters. The predicted molar refractivity (Wildman–Crippen MR) is 110 cm³/mol. The third kappa shape index (κ3) is 5.71. The predicted octanol–water partition coefficient (Wildman–Crippen LogP) is 0.516. The van der Waals surface area contributed by atoms with Gasteiger partial charge in [-0.1, -0.05) is 0 Å². The highest BCUT2D eigenvalue weighted by molar-refractivity contribution is 5.99. The first-order chi connectivity index (χ1) is 14.0. The molecular formula is C20H27N7O2. The molecule has 2 aromatic rings. The van der Waals surface area contributed by atoms with Crippen LogP contribution in [0, 0.1) is 0 Å². The van der Waals surface area contributed by atoms with E-state index in [0.29, 0.717) is 49.8 Å². The lowest BCUT2D eigenvalue weighted by molar-refractivity contribution is 0.0746. The first-order valence-corrected chi connectivity index (χ1v) is 9.74. The van der Waals surface area contributed by atoms with E-state index in [0.717, 1.165) is 13.0 Å². The van der Waals surface area contributed by atoms with Gasteiger partial charge in [-0.3, -0.25) is 14.6 Å². The minimum absolute atomic E-state index is 0.117. The monoisotopic (exact) mass is 397 g/mol. The molecule has 2 aromatic heterocycles. The van der Waals surface area contributed by atoms with Gasteiger partial charge >= 0.3 is 0 Å². The maximum atomic E-state index is 12.9. The summed E-state index contributed by atoms with van der Waals surface area (Å²) in [5.74, 6) is 0.347. The number of nitrogens with zero attached hydrogens (tertiary/aromatic N) is 6. The number of amides is 2. The van der Waals surface area contributed by atoms with Crippen LogP contribution in [0.3, 0.4) is 0 Å². The van der Waals surface area contributed by atoms with Gasteiger partial charge in [-0.15, -0.1) is 0 Å². The van der Waals surface area contributed by atoms with Crippen molar-refractivity contribution >= 4 is 17.8 Å². The summed E-state index contributed by atoms with van der Waals surface area (Å²) < 4.78 is 0. The Labute approximate surface area is 170 Å². The molecular weight excluding hydrogens is 370 g/mol. The molecule has 2 amide bonds. The molecule has 0 saturated carbocycles. The maximum Gasteiger partial charge on any atom is 0.255 e. The molecule has 0 aliphatic carbocycles. The van der Waals surface area contributed by atoms with Crippen LogP contribution in [-0.2, 0) is 0 Å². The Kier molecular flexibility index (Phi) is 7.07. The first kappa shape index (κ1) is 20.7. The zero-order chi connectivity index (χ0) is 20.6. The number of carbonyl (C=O) groups is 2. The van der Waals surface area contributed by atoms with Crippen molar-refractivity contribution in [3.05, 3.63) is 48.0 Å². The fourth-order valence-corrected chi connectivity index (χ4v) is 3.13. The van der Waals surface area contributed by atoms with E-state index in [2.05, 4.69) is 30.1 Å². The third-order valence-corrected chi connectivity index (χ3v) is 4.72. The summed E-state index contributed by atoms with van der Waals surface area (Å²) in [6, 6.07) is 3.39. The Balaban J connectivity index is 1.55. The van der Waals surface area contributed by atoms with Crippen LogP contribution in [0.25, 0.3) is 0 Å². The smallest absolute Gasteiger partial charge is 0.255 e. The van der Waals surface area contributed by atoms with E-state index >= 15 is 0 Å². The number of anilines is 1. The zero-order valence-electron chi connectivity index (χ0n) is 16.9. The molecule has 29 heavy (non-hydrogen) atoms. The van der Waals surface area contributed by atoms with Crippen LogP contribution in [0.1, 0.15) is 27.1 Å². The number of rotatable bonds is 7. The van der Waals surface area contributed by atoms with Gasteiger partial charge in [0.2, 0.25) is 5.95 Å². The Morgan fingerprint density at radius 3 is 2.45 bits per heavy atom. The second kappa shape index (κ2) is 9.92. The van der Waals surface area contributed by atoms with Crippen molar-refractivity contribution in [1.82, 2.24) is 30.1 Å². The molecule has 0 bridgehead atoms. The lowest BCUT2D eigenvalue weighted by atomic mass is 10.1. The van der Waals surface area contributed by atoms with Crippen molar-refractivity contribution < 1.29 is 9.59 Å². The summed E-state index contributed by atoms with van der Waals surface area (Å²) in [6.07, 6.45) is 7.28. The number of hydrogen-bond donors (Lipinski definition) is 1. The summed E-state index contributed by atoms with van der Waals surface area (Å²) in [7, 11) is 3.99. The number of piperazine rings is 1. The molecule has 1 fully saturated rings. The van der Waals surface area contributed by atoms with Crippen LogP contribution in [0.2, 0.25) is 0 Å². The lowest BCUT2D eigenvalue weighted by Gasteiger charge is -2.34. The van der Waals surface area contributed by atoms with Gasteiger partial charge in [-0.2, -0.15) is 0 Å². The van der Waals surface area contributed by atoms with Gasteiger partial charge in [0.25, 0.3) is 11.8 Å². The Morgan fingerprint density at radius 1 is 1.07 bits per heavy atom. The fourth-order valence-electron chi connectivity index (χ4n) is 3.13. The largest absolute Gasteiger partial charge is 0.352 e. The van der Waals surface area contributed by atoms with Crippen LogP contribution in [0.5, 0.6) is 0 Å². The van der Waals surface area contributed by atoms with Crippen LogP contribution >= 0.6 is 0 Å². The van der Waals surface area contributed by atoms with Crippen LogP contribution in [0.15, 0.2) is 36.9 Å². The fraction of sp³-hybridized carbons (Fsp3) is 0.450. The standard InChI is InChI=1S/C20H27N7O2/c1-25(2)8-4-7-22-18(28)16-13-17(15-21-14-16)19(29)26-9-11-27(12-10-26)20-23-5-3-6-24-20/h3,5-6,13-15H,4,7-12H2,1-2H3,(H,22,28). The van der Waals surface area contributed by atoms with Gasteiger partial charge in [-0.25, -0.2) is 9.97 Å². The molecule has 0 unspecified atom stereocenters. The Hall–Kier alpha value is -3.07. The maximum absolute atomic E-state index is 12.9. The number of aromatic nitrogens is 3. The number of nitrogens with one attached hydrogen (secondary N) is 1. The van der Waals surface area contributed by atoms with Crippen molar-refractivity contribution in [3.8, 4) is 0 Å². The highest BCUT2D eigenvalue weighted by Crippen LogP contribution is 2.13. The molecule has 1 aliphatic rings. The van der Waals surface area contributed by atoms with Gasteiger partial charge in [0.1, 0.15) is 0 Å². The molecule has 0 radical (unpaired) electrons. The molecule has 0 aromatic carbocycles. The molecule has 1 aliphatic heterocycles. The zero-order valence-corrected chi connectivity index (χ0v) is 16.9. The number of pyridine rings is 1. The second-order valence-corrected chi connectivity index (χ2v) is 7.20. The van der Waals surface area contributed by atoms with Gasteiger partial charge < -0.3 is 20.0 Å². The normalized spacial score (nSPS) is 14.2. The van der Waals surface area contributed by atoms with Crippen LogP contribution in [0.4, 0.5) is 5.95 Å². The highest BCUT2D eigenvalue weighted by Gasteiger charge is 2.24. The van der Waals surface area contributed by atoms with Crippen molar-refractivity contribution in [2.24, 2.45) is 0 Å². The van der Waals surface area contributed by atoms with E-state index in [1.807, 2.05) is 14.1 Å². The number of hydrogen-bond acceptors (Lipinski definition) is 7. The van der Waals surface area contributed by atoms with Crippen molar-refractivity contribution in [3.63, 3.8) is 0 Å². The van der Waals surface area contributed by atoms with Crippen molar-refractivity contribution in [2.75, 3.05) is 58.3 Å². The van der Waals surface area contributed by atoms with E-state index in [4.69, 9.17) is 0 Å². The van der Waals surface area contributed by atoms with Crippen molar-refractivity contribution in [1.29, 1.82) is 0 Å². The SMILES string of the molecule is CN(C)CCCNC(=O)c1cncc(C(=O)N2CCN(c3ncccn3)CC2)c1. The summed E-state index contributed by atoms with van der Waals surface area (Å²) in [5, 5.41) is 2.87. The molecule has 1 saturated heterocycles. The van der Waals surface area contributed by atoms with Gasteiger partial charge in [0.15, 0.2) is 0 Å². The molecule has 9 heteroatoms. The van der Waals surface area contributed by atoms with Crippen LogP contribution < -0.4 is 10.2 Å². The van der Waals surface area contributed by atoms with Gasteiger partial charge in [0.05, 0.1) is 11.1 Å². The minimum atomic E-state index is -0.211. The summed E-state index contributed by atoms with van der Waals surface area (Å²) in [4.78, 5) is 43.7. The quantitative estimate of drug-likeness (QED) is 0.681. The first-order valence-electron chi connectivity index (χ1n) is 9.74. The average Bonchev–Trinajstić information content (AvgIpc) is 2.77. The molecule has 1 N–H and O–H groups in total. The van der Waals surface area contributed by atoms with E-state index in [1.54, 1.807) is 29.4 Å². The summed E-state index contributed by atoms with van der Waals surface area (Å²) in [6.45, 7) is 3.94. The van der Waals surface area contributed by atoms with Crippen molar-refractivity contribution in [2.45, 2.75) is 6.42 Å². The third-order valence-electron chi connectivity index (χ3n) is 4.72. The van der Waals surface area contributed by atoms with Gasteiger partial charge in [0, 0.05) is 57.5 Å². The minimum Gasteiger partial charge on any atom is -0.352 e. The molecule has 9 nitrogen and oxygen atoms in total. The topological polar surface area (TPSA) is 94.6 Å². The second-order valence-electron chi connectivity index (χ2n) is 7.20. The Morgan fingerprint density at radius 2 is 1.76 bits per heavy atom. The Bertz CT molecular complexity index is 821. The van der Waals surface area contributed by atoms with Crippen LogP contribution in [-0.4, -0.2) is 89.9 Å². The van der Waals surface area contributed by atoms with E-state index in [-0.39, 0.29) is 11.8 Å². The summed E-state index contributed by atoms with van der Waals surface area (Å²) in [5.41, 5.74) is 0.826. The highest BCUT2D eigenvalue weighted by atomic mass is 16.2. The van der Waals surface area contributed by atoms with E-state index in [1.165, 1.54) is 12.4 Å². The average molecular weight is 397 g/mol.